The van der Waals surface area contributed by atoms with E-state index in [9.17, 15) is 9.50 Å². The van der Waals surface area contributed by atoms with Gasteiger partial charge in [-0.2, -0.15) is 0 Å². The molecule has 0 saturated heterocycles. The molecule has 1 aromatic carbocycles. The maximum Gasteiger partial charge on any atom is 0.170 e. The molecule has 1 aliphatic rings. The van der Waals surface area contributed by atoms with Gasteiger partial charge in [-0.25, -0.2) is 4.39 Å². The fourth-order valence-corrected chi connectivity index (χ4v) is 2.04. The van der Waals surface area contributed by atoms with Crippen LogP contribution in [0.5, 0.6) is 0 Å². The second-order valence-electron chi connectivity index (χ2n) is 4.88. The minimum atomic E-state index is -0.588. The molecule has 18 heavy (non-hydrogen) atoms. The summed E-state index contributed by atoms with van der Waals surface area (Å²) in [5.41, 5.74) is 1.83. The summed E-state index contributed by atoms with van der Waals surface area (Å²) in [6, 6.07) is 6.45. The maximum atomic E-state index is 13.7. The molecule has 1 saturated carbocycles. The van der Waals surface area contributed by atoms with Gasteiger partial charge in [0.1, 0.15) is 17.6 Å². The second kappa shape index (κ2) is 4.21. The van der Waals surface area contributed by atoms with Crippen LogP contribution in [0.25, 0.3) is 11.3 Å². The molecular weight excluding hydrogens is 233 g/mol. The Bertz CT molecular complexity index is 575. The van der Waals surface area contributed by atoms with Gasteiger partial charge in [-0.3, -0.25) is 0 Å². The fraction of sp³-hybridized carbons (Fsp3) is 0.357. The van der Waals surface area contributed by atoms with E-state index in [0.29, 0.717) is 17.0 Å². The third-order valence-corrected chi connectivity index (χ3v) is 3.29. The van der Waals surface area contributed by atoms with Crippen molar-refractivity contribution in [2.45, 2.75) is 25.9 Å². The summed E-state index contributed by atoms with van der Waals surface area (Å²) in [4.78, 5) is 0. The molecule has 3 nitrogen and oxygen atoms in total. The number of halogens is 1. The van der Waals surface area contributed by atoms with E-state index >= 15 is 0 Å². The zero-order chi connectivity index (χ0) is 12.7. The second-order valence-corrected chi connectivity index (χ2v) is 4.88. The van der Waals surface area contributed by atoms with Crippen LogP contribution in [0.2, 0.25) is 0 Å². The van der Waals surface area contributed by atoms with E-state index in [1.807, 2.05) is 6.92 Å². The number of benzene rings is 1. The molecule has 0 radical (unpaired) electrons. The van der Waals surface area contributed by atoms with Crippen LogP contribution in [-0.4, -0.2) is 10.3 Å². The van der Waals surface area contributed by atoms with Crippen molar-refractivity contribution in [1.29, 1.82) is 0 Å². The summed E-state index contributed by atoms with van der Waals surface area (Å²) >= 11 is 0. The van der Waals surface area contributed by atoms with E-state index in [1.54, 1.807) is 18.2 Å². The number of aromatic nitrogens is 1. The highest BCUT2D eigenvalue weighted by molar-refractivity contribution is 5.59. The average molecular weight is 247 g/mol. The quantitative estimate of drug-likeness (QED) is 0.905. The van der Waals surface area contributed by atoms with Gasteiger partial charge in [0, 0.05) is 6.07 Å². The molecule has 0 spiro atoms. The molecule has 1 aliphatic carbocycles. The van der Waals surface area contributed by atoms with Crippen molar-refractivity contribution in [1.82, 2.24) is 5.16 Å². The number of hydrogen-bond acceptors (Lipinski definition) is 3. The Morgan fingerprint density at radius 2 is 2.17 bits per heavy atom. The Kier molecular flexibility index (Phi) is 2.67. The predicted molar refractivity (Wildman–Crippen MR) is 64.3 cm³/mol. The summed E-state index contributed by atoms with van der Waals surface area (Å²) in [7, 11) is 0. The van der Waals surface area contributed by atoms with Crippen molar-refractivity contribution in [3.8, 4) is 11.3 Å². The number of nitrogens with zero attached hydrogens (tertiary/aromatic N) is 1. The lowest BCUT2D eigenvalue weighted by atomic mass is 10.1. The molecule has 0 aliphatic heterocycles. The zero-order valence-electron chi connectivity index (χ0n) is 10.1. The van der Waals surface area contributed by atoms with E-state index in [1.165, 1.54) is 6.07 Å². The Balaban J connectivity index is 1.94. The summed E-state index contributed by atoms with van der Waals surface area (Å²) in [5.74, 6) is 0.306. The first-order valence-electron chi connectivity index (χ1n) is 6.06. The van der Waals surface area contributed by atoms with Crippen molar-refractivity contribution in [2.75, 3.05) is 0 Å². The molecule has 1 aromatic heterocycles. The lowest BCUT2D eigenvalue weighted by Gasteiger charge is -2.02. The summed E-state index contributed by atoms with van der Waals surface area (Å²) in [6.07, 6.45) is 1.44. The summed E-state index contributed by atoms with van der Waals surface area (Å²) in [6.45, 7) is 1.89. The van der Waals surface area contributed by atoms with Crippen LogP contribution in [0.4, 0.5) is 4.39 Å². The summed E-state index contributed by atoms with van der Waals surface area (Å²) in [5, 5.41) is 13.8. The standard InChI is InChI=1S/C14H14FNO2/c1-8-2-5-11(15)10(6-8)13-7-12(16-18-13)14(17)9-3-4-9/h2,5-7,9,14,17H,3-4H2,1H3. The largest absolute Gasteiger partial charge is 0.386 e. The number of aryl methyl sites for hydroxylation is 1. The van der Waals surface area contributed by atoms with Gasteiger partial charge in [0.2, 0.25) is 0 Å². The van der Waals surface area contributed by atoms with Crippen LogP contribution in [0.15, 0.2) is 28.8 Å². The Labute approximate surface area is 104 Å². The Morgan fingerprint density at radius 3 is 2.89 bits per heavy atom. The number of rotatable bonds is 3. The van der Waals surface area contributed by atoms with Crippen molar-refractivity contribution in [2.24, 2.45) is 5.92 Å². The van der Waals surface area contributed by atoms with Crippen LogP contribution in [0.1, 0.15) is 30.2 Å². The minimum absolute atomic E-state index is 0.283. The normalized spacial score (nSPS) is 16.8. The minimum Gasteiger partial charge on any atom is -0.386 e. The van der Waals surface area contributed by atoms with Crippen molar-refractivity contribution in [3.05, 3.63) is 41.3 Å². The lowest BCUT2D eigenvalue weighted by Crippen LogP contribution is -1.98. The maximum absolute atomic E-state index is 13.7. The SMILES string of the molecule is Cc1ccc(F)c(-c2cc(C(O)C3CC3)no2)c1. The molecule has 1 N–H and O–H groups in total. The highest BCUT2D eigenvalue weighted by Gasteiger charge is 2.33. The van der Waals surface area contributed by atoms with Gasteiger partial charge in [-0.1, -0.05) is 16.8 Å². The van der Waals surface area contributed by atoms with E-state index in [4.69, 9.17) is 4.52 Å². The number of aliphatic hydroxyl groups is 1. The van der Waals surface area contributed by atoms with Crippen LogP contribution in [-0.2, 0) is 0 Å². The molecule has 1 atom stereocenters. The van der Waals surface area contributed by atoms with Crippen molar-refractivity contribution < 1.29 is 14.0 Å². The molecule has 2 aromatic rings. The van der Waals surface area contributed by atoms with Gasteiger partial charge in [0.25, 0.3) is 0 Å². The third-order valence-electron chi connectivity index (χ3n) is 3.29. The van der Waals surface area contributed by atoms with Gasteiger partial charge in [0.05, 0.1) is 5.56 Å². The summed E-state index contributed by atoms with van der Waals surface area (Å²) < 4.78 is 18.8. The van der Waals surface area contributed by atoms with E-state index in [-0.39, 0.29) is 11.7 Å². The van der Waals surface area contributed by atoms with E-state index < -0.39 is 6.10 Å². The van der Waals surface area contributed by atoms with Gasteiger partial charge < -0.3 is 9.63 Å². The van der Waals surface area contributed by atoms with Gasteiger partial charge in [-0.05, 0) is 37.8 Å². The van der Waals surface area contributed by atoms with Crippen LogP contribution < -0.4 is 0 Å². The highest BCUT2D eigenvalue weighted by Crippen LogP contribution is 2.41. The topological polar surface area (TPSA) is 46.3 Å². The lowest BCUT2D eigenvalue weighted by molar-refractivity contribution is 0.144. The highest BCUT2D eigenvalue weighted by atomic mass is 19.1. The first kappa shape index (κ1) is 11.4. The molecule has 1 unspecified atom stereocenters. The third kappa shape index (κ3) is 2.04. The molecule has 1 heterocycles. The molecule has 94 valence electrons. The van der Waals surface area contributed by atoms with E-state index in [2.05, 4.69) is 5.16 Å². The molecule has 4 heteroatoms. The van der Waals surface area contributed by atoms with Crippen LogP contribution >= 0.6 is 0 Å². The van der Waals surface area contributed by atoms with E-state index in [0.717, 1.165) is 18.4 Å². The van der Waals surface area contributed by atoms with Crippen molar-refractivity contribution in [3.63, 3.8) is 0 Å². The predicted octanol–water partition coefficient (Wildman–Crippen LogP) is 3.23. The monoisotopic (exact) mass is 247 g/mol. The Hall–Kier alpha value is -1.68. The molecule has 1 fully saturated rings. The molecule has 0 amide bonds. The smallest absolute Gasteiger partial charge is 0.170 e. The average Bonchev–Trinajstić information content (AvgIpc) is 3.09. The number of aliphatic hydroxyl groups excluding tert-OH is 1. The molecule has 3 rings (SSSR count). The Morgan fingerprint density at radius 1 is 1.39 bits per heavy atom. The van der Waals surface area contributed by atoms with Crippen molar-refractivity contribution >= 4 is 0 Å². The van der Waals surface area contributed by atoms with Crippen LogP contribution in [0, 0.1) is 18.7 Å². The number of hydrogen-bond donors (Lipinski definition) is 1. The first-order chi connectivity index (χ1) is 8.65. The molecular formula is C14H14FNO2. The van der Waals surface area contributed by atoms with Crippen LogP contribution in [0.3, 0.4) is 0 Å². The van der Waals surface area contributed by atoms with Gasteiger partial charge in [0.15, 0.2) is 5.76 Å². The fourth-order valence-electron chi connectivity index (χ4n) is 2.04. The van der Waals surface area contributed by atoms with Gasteiger partial charge in [-0.15, -0.1) is 0 Å². The zero-order valence-corrected chi connectivity index (χ0v) is 10.1. The molecule has 0 bridgehead atoms. The first-order valence-corrected chi connectivity index (χ1v) is 6.06. The van der Waals surface area contributed by atoms with Gasteiger partial charge >= 0.3 is 0 Å².